The second-order valence-electron chi connectivity index (χ2n) is 3.83. The summed E-state index contributed by atoms with van der Waals surface area (Å²) in [5.41, 5.74) is 4.75. The summed E-state index contributed by atoms with van der Waals surface area (Å²) >= 11 is 0. The van der Waals surface area contributed by atoms with E-state index in [0.717, 1.165) is 0 Å². The Hall–Kier alpha value is -2.41. The van der Waals surface area contributed by atoms with Crippen molar-refractivity contribution in [2.24, 2.45) is 5.10 Å². The Morgan fingerprint density at radius 1 is 1.32 bits per heavy atom. The monoisotopic (exact) mass is 352 g/mol. The molecule has 0 atom stereocenters. The molecule has 22 heavy (non-hydrogen) atoms. The van der Waals surface area contributed by atoms with Crippen molar-refractivity contribution < 1.29 is 37.2 Å². The third-order valence-corrected chi connectivity index (χ3v) is 2.57. The molecule has 2 rings (SSSR count). The van der Waals surface area contributed by atoms with E-state index in [9.17, 15) is 4.79 Å². The van der Waals surface area contributed by atoms with Crippen LogP contribution in [0, 0.1) is 0 Å². The van der Waals surface area contributed by atoms with E-state index in [-0.39, 0.29) is 34.2 Å². The summed E-state index contributed by atoms with van der Waals surface area (Å²) in [6, 6.07) is 8.40. The molecule has 0 aliphatic heterocycles. The first kappa shape index (κ1) is 19.6. The summed E-state index contributed by atoms with van der Waals surface area (Å²) in [5, 5.41) is 11.6. The van der Waals surface area contributed by atoms with Gasteiger partial charge >= 0.3 is 22.8 Å². The van der Waals surface area contributed by atoms with E-state index in [1.54, 1.807) is 42.7 Å². The maximum absolute atomic E-state index is 9.71. The minimum atomic E-state index is -0.210. The number of rotatable bonds is 4. The van der Waals surface area contributed by atoms with Gasteiger partial charge in [-0.15, -0.1) is 0 Å². The van der Waals surface area contributed by atoms with Crippen LogP contribution in [0.3, 0.4) is 0 Å². The second kappa shape index (κ2) is 9.51. The molecule has 1 aromatic carbocycles. The van der Waals surface area contributed by atoms with Crippen LogP contribution in [0.5, 0.6) is 11.5 Å². The minimum absolute atomic E-state index is 0. The molecule has 0 fully saturated rings. The van der Waals surface area contributed by atoms with E-state index in [1.807, 2.05) is 0 Å². The number of nitrogens with zero attached hydrogens (tertiary/aromatic N) is 3. The van der Waals surface area contributed by atoms with Gasteiger partial charge in [0.25, 0.3) is 5.91 Å². The second-order valence-corrected chi connectivity index (χ2v) is 3.83. The number of benzene rings is 1. The van der Waals surface area contributed by atoms with Crippen molar-refractivity contribution in [2.75, 3.05) is 7.11 Å². The fourth-order valence-electron chi connectivity index (χ4n) is 1.53. The van der Waals surface area contributed by atoms with Crippen LogP contribution in [0.4, 0.5) is 0 Å². The topological polar surface area (TPSA) is 123 Å². The molecule has 4 N–H and O–H groups in total. The van der Waals surface area contributed by atoms with Gasteiger partial charge in [0.15, 0.2) is 0 Å². The zero-order valence-corrected chi connectivity index (χ0v) is 12.5. The standard InChI is InChI=1S/C14H13N3O3.Cu.H2O/c1-20-12-4-2-3-11(13(12)18)9-16-17-14(19)10-5-7-15-8-6-10;;/h2-9H,1H3,(H2,15,16,17,18,19);;1H2/q;+2;. The number of carbonyl (C=O) groups excluding carboxylic acids is 1. The van der Waals surface area contributed by atoms with Gasteiger partial charge in [-0.3, -0.25) is 9.78 Å². The maximum Gasteiger partial charge on any atom is 2.00 e. The number of pyridine rings is 1. The van der Waals surface area contributed by atoms with Gasteiger partial charge in [0.1, 0.15) is 0 Å². The number of hydrogen-bond donors (Lipinski definition) is 0. The number of hydrogen-bond acceptors (Lipinski definition) is 4. The van der Waals surface area contributed by atoms with Crippen molar-refractivity contribution in [3.63, 3.8) is 0 Å². The zero-order valence-electron chi connectivity index (χ0n) is 11.6. The predicted molar refractivity (Wildman–Crippen MR) is 79.2 cm³/mol. The fraction of sp³-hybridized carbons (Fsp3) is 0.0714. The Labute approximate surface area is 137 Å². The third kappa shape index (κ3) is 4.85. The van der Waals surface area contributed by atoms with Crippen LogP contribution < -0.4 is 4.74 Å². The molecule has 0 aliphatic carbocycles. The molecule has 0 spiro atoms. The summed E-state index contributed by atoms with van der Waals surface area (Å²) in [4.78, 5) is 13.5. The van der Waals surface area contributed by atoms with Crippen molar-refractivity contribution in [1.29, 1.82) is 0 Å². The molecule has 1 amide bonds. The fourth-order valence-corrected chi connectivity index (χ4v) is 1.53. The van der Waals surface area contributed by atoms with Crippen molar-refractivity contribution >= 4 is 12.1 Å². The Kier molecular flexibility index (Phi) is 8.47. The molecule has 119 valence electrons. The average Bonchev–Trinajstić information content (AvgIpc) is 2.49. The van der Waals surface area contributed by atoms with Crippen LogP contribution in [0.15, 0.2) is 47.8 Å². The smallest absolute Gasteiger partial charge is 0.870 e. The van der Waals surface area contributed by atoms with Crippen LogP contribution in [-0.4, -0.2) is 39.6 Å². The van der Waals surface area contributed by atoms with Gasteiger partial charge in [-0.1, -0.05) is 6.07 Å². The van der Waals surface area contributed by atoms with Crippen molar-refractivity contribution in [3.05, 3.63) is 59.3 Å². The van der Waals surface area contributed by atoms with Gasteiger partial charge in [-0.2, -0.15) is 0 Å². The number of ether oxygens (including phenoxy) is 1. The molecule has 0 saturated carbocycles. The van der Waals surface area contributed by atoms with E-state index in [4.69, 9.17) is 9.84 Å². The first-order valence-electron chi connectivity index (χ1n) is 5.81. The molecule has 0 aliphatic rings. The molecule has 1 aromatic heterocycles. The van der Waals surface area contributed by atoms with E-state index in [1.165, 1.54) is 13.3 Å². The molecule has 1 radical (unpaired) electrons. The van der Waals surface area contributed by atoms with E-state index in [0.29, 0.717) is 16.9 Å². The predicted octanol–water partition coefficient (Wildman–Crippen LogP) is 1.61. The Bertz CT molecular complexity index is 635. The molecule has 0 unspecified atom stereocenters. The zero-order chi connectivity index (χ0) is 14.4. The normalized spacial score (nSPS) is 9.50. The summed E-state index contributed by atoms with van der Waals surface area (Å²) in [7, 11) is 1.50. The Balaban J connectivity index is 0.00000220. The van der Waals surface area contributed by atoms with Gasteiger partial charge < -0.3 is 25.8 Å². The Morgan fingerprint density at radius 3 is 2.64 bits per heavy atom. The molecule has 0 saturated heterocycles. The number of amides is 1. The molecule has 7 nitrogen and oxygen atoms in total. The first-order chi connectivity index (χ1) is 9.72. The van der Waals surface area contributed by atoms with Crippen molar-refractivity contribution in [3.8, 4) is 11.5 Å². The SMILES string of the molecule is COc1cccc(C=N[N-]C(=[OH+])c2ccncc2)c1[OH2+].[Cu+2].[OH-]. The van der Waals surface area contributed by atoms with Crippen molar-refractivity contribution in [2.45, 2.75) is 0 Å². The molecule has 1 heterocycles. The van der Waals surface area contributed by atoms with E-state index in [2.05, 4.69) is 15.5 Å². The van der Waals surface area contributed by atoms with Crippen LogP contribution >= 0.6 is 0 Å². The van der Waals surface area contributed by atoms with Gasteiger partial charge in [0.2, 0.25) is 5.75 Å². The van der Waals surface area contributed by atoms with E-state index < -0.39 is 0 Å². The number of aromatic nitrogens is 1. The average molecular weight is 353 g/mol. The van der Waals surface area contributed by atoms with Gasteiger partial charge in [-0.05, 0) is 24.3 Å². The van der Waals surface area contributed by atoms with Gasteiger partial charge in [0, 0.05) is 18.6 Å². The van der Waals surface area contributed by atoms with Crippen LogP contribution in [0.2, 0.25) is 0 Å². The molecular weight excluding hydrogens is 338 g/mol. The number of methoxy groups -OCH3 is 1. The molecular formula is C14H15CuN3O4+2. The van der Waals surface area contributed by atoms with Crippen molar-refractivity contribution in [1.82, 2.24) is 4.98 Å². The van der Waals surface area contributed by atoms with Gasteiger partial charge in [0.05, 0.1) is 18.2 Å². The largest absolute Gasteiger partial charge is 2.00 e. The van der Waals surface area contributed by atoms with Crippen LogP contribution in [0.25, 0.3) is 5.43 Å². The third-order valence-electron chi connectivity index (χ3n) is 2.57. The summed E-state index contributed by atoms with van der Waals surface area (Å²) in [5.74, 6) is 0.465. The Morgan fingerprint density at radius 2 is 2.00 bits per heavy atom. The van der Waals surface area contributed by atoms with Gasteiger partial charge in [-0.25, -0.2) is 0 Å². The first-order valence-corrected chi connectivity index (χ1v) is 5.81. The summed E-state index contributed by atoms with van der Waals surface area (Å²) < 4.78 is 5.04. The molecule has 8 heteroatoms. The maximum atomic E-state index is 9.71. The number of para-hydroxylation sites is 1. The minimum Gasteiger partial charge on any atom is -0.870 e. The summed E-state index contributed by atoms with van der Waals surface area (Å²) in [6.07, 6.45) is 4.49. The summed E-state index contributed by atoms with van der Waals surface area (Å²) in [6.45, 7) is 0. The molecule has 2 aromatic rings. The van der Waals surface area contributed by atoms with Crippen LogP contribution in [-0.2, 0) is 17.1 Å². The quantitative estimate of drug-likeness (QED) is 0.359. The van der Waals surface area contributed by atoms with E-state index >= 15 is 0 Å². The molecule has 0 bridgehead atoms. The van der Waals surface area contributed by atoms with Crippen LogP contribution in [0.1, 0.15) is 11.1 Å².